The minimum Gasteiger partial charge on any atom is -0.493 e. The van der Waals surface area contributed by atoms with Crippen molar-refractivity contribution >= 4 is 23.7 Å². The molecule has 0 radical (unpaired) electrons. The number of hydrogen-bond acceptors (Lipinski definition) is 5. The molecule has 3 rings (SSSR count). The van der Waals surface area contributed by atoms with Crippen LogP contribution in [-0.2, 0) is 0 Å². The Morgan fingerprint density at radius 2 is 1.86 bits per heavy atom. The number of para-hydroxylation sites is 1. The molecule has 2 aromatic carbocycles. The number of rotatable bonds is 4. The van der Waals surface area contributed by atoms with E-state index in [-0.39, 0.29) is 16.1 Å². The number of nitrogens with one attached hydrogen (secondary N) is 2. The molecule has 8 nitrogen and oxygen atoms in total. The van der Waals surface area contributed by atoms with Crippen LogP contribution in [0.4, 0.5) is 0 Å². The highest BCUT2D eigenvalue weighted by atomic mass is 35.5. The zero-order chi connectivity index (χ0) is 20.3. The smallest absolute Gasteiger partial charge is 0.335 e. The van der Waals surface area contributed by atoms with Crippen molar-refractivity contribution in [2.45, 2.75) is 6.92 Å². The number of amides is 1. The zero-order valence-corrected chi connectivity index (χ0v) is 15.4. The highest BCUT2D eigenvalue weighted by Gasteiger charge is 2.15. The van der Waals surface area contributed by atoms with Gasteiger partial charge in [0, 0.05) is 0 Å². The molecule has 0 unspecified atom stereocenters. The summed E-state index contributed by atoms with van der Waals surface area (Å²) in [6.45, 7) is 1.75. The zero-order valence-electron chi connectivity index (χ0n) is 14.6. The lowest BCUT2D eigenvalue weighted by Crippen LogP contribution is -2.32. The minimum absolute atomic E-state index is 0.198. The summed E-state index contributed by atoms with van der Waals surface area (Å²) in [5.74, 6) is -1.19. The standard InChI is InChI=1S/C19H15ClN4O4/c1-11-6-2-5-9-15(11)24-18(27)13(16(25)22-19(24)28)10-21-23-17(26)12-7-3-4-8-14(12)20/h2-10,27H,1H3,(H,23,26)(H,22,25,28)/b21-10+. The summed E-state index contributed by atoms with van der Waals surface area (Å²) in [7, 11) is 0. The Bertz CT molecular complexity index is 1200. The van der Waals surface area contributed by atoms with Crippen molar-refractivity contribution in [3.05, 3.63) is 91.1 Å². The largest absolute Gasteiger partial charge is 0.493 e. The summed E-state index contributed by atoms with van der Waals surface area (Å²) >= 11 is 5.94. The number of aromatic hydroxyl groups is 1. The van der Waals surface area contributed by atoms with Crippen LogP contribution in [-0.4, -0.2) is 26.8 Å². The van der Waals surface area contributed by atoms with Gasteiger partial charge in [-0.15, -0.1) is 0 Å². The maximum absolute atomic E-state index is 12.2. The number of carbonyl (C=O) groups excluding carboxylic acids is 1. The molecule has 9 heteroatoms. The van der Waals surface area contributed by atoms with E-state index in [1.165, 1.54) is 6.07 Å². The monoisotopic (exact) mass is 398 g/mol. The van der Waals surface area contributed by atoms with E-state index < -0.39 is 23.0 Å². The maximum atomic E-state index is 12.2. The van der Waals surface area contributed by atoms with Gasteiger partial charge in [0.15, 0.2) is 0 Å². The second-order valence-corrected chi connectivity index (χ2v) is 6.20. The molecule has 142 valence electrons. The highest BCUT2D eigenvalue weighted by Crippen LogP contribution is 2.18. The molecule has 0 aliphatic rings. The van der Waals surface area contributed by atoms with E-state index in [2.05, 4.69) is 15.5 Å². The van der Waals surface area contributed by atoms with Crippen LogP contribution in [0.15, 0.2) is 63.2 Å². The van der Waals surface area contributed by atoms with Crippen LogP contribution in [0.3, 0.4) is 0 Å². The van der Waals surface area contributed by atoms with Gasteiger partial charge in [0.25, 0.3) is 11.5 Å². The van der Waals surface area contributed by atoms with Gasteiger partial charge in [0.05, 0.1) is 22.5 Å². The van der Waals surface area contributed by atoms with Crippen molar-refractivity contribution < 1.29 is 9.90 Å². The third kappa shape index (κ3) is 3.72. The molecule has 0 aliphatic carbocycles. The minimum atomic E-state index is -0.844. The van der Waals surface area contributed by atoms with Gasteiger partial charge in [-0.1, -0.05) is 41.9 Å². The SMILES string of the molecule is Cc1ccccc1-n1c(O)c(/C=N/NC(=O)c2ccccc2Cl)c(=O)[nH]c1=O. The third-order valence-corrected chi connectivity index (χ3v) is 4.29. The molecule has 3 aromatic rings. The Labute approximate surface area is 163 Å². The number of aromatic nitrogens is 2. The number of carbonyl (C=O) groups is 1. The number of hydrogen-bond donors (Lipinski definition) is 3. The molecular weight excluding hydrogens is 384 g/mol. The van der Waals surface area contributed by atoms with Crippen LogP contribution < -0.4 is 16.7 Å². The summed E-state index contributed by atoms with van der Waals surface area (Å²) < 4.78 is 0.952. The molecule has 28 heavy (non-hydrogen) atoms. The average molecular weight is 399 g/mol. The molecule has 0 saturated carbocycles. The fourth-order valence-electron chi connectivity index (χ4n) is 2.55. The maximum Gasteiger partial charge on any atom is 0.335 e. The second kappa shape index (κ2) is 7.93. The molecule has 0 fully saturated rings. The first-order valence-corrected chi connectivity index (χ1v) is 8.50. The van der Waals surface area contributed by atoms with Gasteiger partial charge >= 0.3 is 5.69 Å². The first-order chi connectivity index (χ1) is 13.4. The normalized spacial score (nSPS) is 10.9. The molecule has 3 N–H and O–H groups in total. The van der Waals surface area contributed by atoms with Crippen molar-refractivity contribution in [1.29, 1.82) is 0 Å². The van der Waals surface area contributed by atoms with Gasteiger partial charge in [-0.05, 0) is 30.7 Å². The van der Waals surface area contributed by atoms with E-state index in [1.54, 1.807) is 49.4 Å². The van der Waals surface area contributed by atoms with E-state index in [1.807, 2.05) is 0 Å². The number of hydrazone groups is 1. The molecule has 1 aromatic heterocycles. The first kappa shape index (κ1) is 19.1. The fraction of sp³-hybridized carbons (Fsp3) is 0.0526. The Hall–Kier alpha value is -3.65. The Kier molecular flexibility index (Phi) is 5.42. The molecule has 0 atom stereocenters. The quantitative estimate of drug-likeness (QED) is 0.460. The molecular formula is C19H15ClN4O4. The topological polar surface area (TPSA) is 117 Å². The van der Waals surface area contributed by atoms with Crippen LogP contribution in [0.5, 0.6) is 5.88 Å². The van der Waals surface area contributed by atoms with Crippen molar-refractivity contribution in [3.8, 4) is 11.6 Å². The lowest BCUT2D eigenvalue weighted by Gasteiger charge is -2.11. The van der Waals surface area contributed by atoms with E-state index in [4.69, 9.17) is 11.6 Å². The molecule has 1 heterocycles. The number of nitrogens with zero attached hydrogens (tertiary/aromatic N) is 2. The Balaban J connectivity index is 1.96. The van der Waals surface area contributed by atoms with Gasteiger partial charge in [-0.2, -0.15) is 5.10 Å². The average Bonchev–Trinajstić information content (AvgIpc) is 2.66. The van der Waals surface area contributed by atoms with E-state index >= 15 is 0 Å². The summed E-state index contributed by atoms with van der Waals surface area (Å²) in [6.07, 6.45) is 0.955. The Morgan fingerprint density at radius 1 is 1.18 bits per heavy atom. The molecule has 0 saturated heterocycles. The van der Waals surface area contributed by atoms with E-state index in [9.17, 15) is 19.5 Å². The fourth-order valence-corrected chi connectivity index (χ4v) is 2.78. The number of H-pyrrole nitrogens is 1. The van der Waals surface area contributed by atoms with Crippen molar-refractivity contribution in [2.24, 2.45) is 5.10 Å². The van der Waals surface area contributed by atoms with Crippen molar-refractivity contribution in [1.82, 2.24) is 15.0 Å². The summed E-state index contributed by atoms with van der Waals surface area (Å²) in [6, 6.07) is 13.2. The van der Waals surface area contributed by atoms with Gasteiger partial charge in [-0.25, -0.2) is 14.8 Å². The third-order valence-electron chi connectivity index (χ3n) is 3.96. The first-order valence-electron chi connectivity index (χ1n) is 8.12. The van der Waals surface area contributed by atoms with Crippen LogP contribution in [0.2, 0.25) is 5.02 Å². The summed E-state index contributed by atoms with van der Waals surface area (Å²) in [4.78, 5) is 38.5. The number of aromatic amines is 1. The lowest BCUT2D eigenvalue weighted by atomic mass is 10.2. The van der Waals surface area contributed by atoms with Crippen LogP contribution >= 0.6 is 11.6 Å². The van der Waals surface area contributed by atoms with Crippen LogP contribution in [0.25, 0.3) is 5.69 Å². The molecule has 0 spiro atoms. The lowest BCUT2D eigenvalue weighted by molar-refractivity contribution is 0.0955. The second-order valence-electron chi connectivity index (χ2n) is 5.80. The molecule has 0 aliphatic heterocycles. The number of benzene rings is 2. The number of halogens is 1. The predicted molar refractivity (Wildman–Crippen MR) is 106 cm³/mol. The molecule has 1 amide bonds. The van der Waals surface area contributed by atoms with Gasteiger partial charge in [0.1, 0.15) is 5.56 Å². The molecule has 0 bridgehead atoms. The highest BCUT2D eigenvalue weighted by molar-refractivity contribution is 6.33. The summed E-state index contributed by atoms with van der Waals surface area (Å²) in [5.41, 5.74) is 1.60. The summed E-state index contributed by atoms with van der Waals surface area (Å²) in [5, 5.41) is 14.4. The predicted octanol–water partition coefficient (Wildman–Crippen LogP) is 1.96. The van der Waals surface area contributed by atoms with Gasteiger partial charge in [0.2, 0.25) is 5.88 Å². The van der Waals surface area contributed by atoms with Gasteiger partial charge in [-0.3, -0.25) is 14.6 Å². The van der Waals surface area contributed by atoms with Crippen molar-refractivity contribution in [3.63, 3.8) is 0 Å². The Morgan fingerprint density at radius 3 is 2.57 bits per heavy atom. The van der Waals surface area contributed by atoms with E-state index in [0.29, 0.717) is 11.3 Å². The van der Waals surface area contributed by atoms with Crippen LogP contribution in [0.1, 0.15) is 21.5 Å². The van der Waals surface area contributed by atoms with Crippen LogP contribution in [0, 0.1) is 6.92 Å². The van der Waals surface area contributed by atoms with E-state index in [0.717, 1.165) is 10.8 Å². The van der Waals surface area contributed by atoms with Crippen molar-refractivity contribution in [2.75, 3.05) is 0 Å². The number of aryl methyl sites for hydroxylation is 1. The van der Waals surface area contributed by atoms with Gasteiger partial charge < -0.3 is 5.11 Å².